The summed E-state index contributed by atoms with van der Waals surface area (Å²) in [4.78, 5) is 8.45. The molecule has 0 saturated carbocycles. The zero-order chi connectivity index (χ0) is 11.8. The molecule has 3 heterocycles. The molecule has 0 amide bonds. The van der Waals surface area contributed by atoms with Gasteiger partial charge in [0.15, 0.2) is 5.65 Å². The molecular formula is C11H14ClN5. The molecule has 0 aromatic carbocycles. The van der Waals surface area contributed by atoms with Gasteiger partial charge in [-0.05, 0) is 44.5 Å². The Morgan fingerprint density at radius 1 is 1.35 bits per heavy atom. The van der Waals surface area contributed by atoms with Gasteiger partial charge in [0, 0.05) is 0 Å². The number of halogens is 1. The van der Waals surface area contributed by atoms with Crippen molar-refractivity contribution in [2.45, 2.75) is 25.8 Å². The number of fused-ring (bicyclic) bond motifs is 1. The lowest BCUT2D eigenvalue weighted by atomic mass is 10.1. The molecule has 1 N–H and O–H groups in total. The Balaban J connectivity index is 2.10. The first-order valence-corrected chi connectivity index (χ1v) is 6.21. The van der Waals surface area contributed by atoms with Gasteiger partial charge < -0.3 is 5.32 Å². The van der Waals surface area contributed by atoms with Crippen molar-refractivity contribution < 1.29 is 0 Å². The van der Waals surface area contributed by atoms with Crippen LogP contribution in [0.25, 0.3) is 11.0 Å². The molecule has 1 aliphatic heterocycles. The van der Waals surface area contributed by atoms with E-state index < -0.39 is 0 Å². The summed E-state index contributed by atoms with van der Waals surface area (Å²) in [6, 6.07) is 0.416. The average molecular weight is 252 g/mol. The molecule has 2 aromatic rings. The molecule has 0 unspecified atom stereocenters. The first kappa shape index (κ1) is 10.9. The van der Waals surface area contributed by atoms with Crippen molar-refractivity contribution >= 4 is 22.6 Å². The van der Waals surface area contributed by atoms with Gasteiger partial charge >= 0.3 is 0 Å². The lowest BCUT2D eigenvalue weighted by molar-refractivity contribution is 0.349. The van der Waals surface area contributed by atoms with Crippen LogP contribution in [-0.2, 0) is 0 Å². The van der Waals surface area contributed by atoms with E-state index in [-0.39, 0.29) is 0 Å². The molecule has 1 saturated heterocycles. The van der Waals surface area contributed by atoms with Crippen LogP contribution in [-0.4, -0.2) is 32.8 Å². The Morgan fingerprint density at radius 3 is 2.88 bits per heavy atom. The van der Waals surface area contributed by atoms with E-state index in [1.807, 2.05) is 17.8 Å². The Labute approximate surface area is 104 Å². The number of aryl methyl sites for hydroxylation is 1. The second kappa shape index (κ2) is 4.23. The van der Waals surface area contributed by atoms with E-state index in [0.717, 1.165) is 42.7 Å². The number of hydrogen-bond acceptors (Lipinski definition) is 4. The number of piperidine rings is 1. The Kier molecular flexibility index (Phi) is 2.72. The number of rotatable bonds is 1. The van der Waals surface area contributed by atoms with Crippen LogP contribution in [0.1, 0.15) is 24.6 Å². The maximum absolute atomic E-state index is 5.92. The fourth-order valence-electron chi connectivity index (χ4n) is 2.35. The van der Waals surface area contributed by atoms with E-state index in [1.165, 1.54) is 0 Å². The second-order valence-electron chi connectivity index (χ2n) is 4.39. The predicted octanol–water partition coefficient (Wildman–Crippen LogP) is 1.71. The van der Waals surface area contributed by atoms with Crippen molar-refractivity contribution in [3.8, 4) is 0 Å². The van der Waals surface area contributed by atoms with Crippen molar-refractivity contribution in [2.75, 3.05) is 13.1 Å². The predicted molar refractivity (Wildman–Crippen MR) is 66.2 cm³/mol. The van der Waals surface area contributed by atoms with Gasteiger partial charge in [0.05, 0.1) is 23.3 Å². The van der Waals surface area contributed by atoms with Crippen LogP contribution in [0.2, 0.25) is 5.28 Å². The zero-order valence-electron chi connectivity index (χ0n) is 9.65. The highest BCUT2D eigenvalue weighted by molar-refractivity contribution is 6.28. The zero-order valence-corrected chi connectivity index (χ0v) is 10.4. The summed E-state index contributed by atoms with van der Waals surface area (Å²) in [5, 5.41) is 9.09. The highest BCUT2D eigenvalue weighted by Gasteiger charge is 2.19. The normalized spacial score (nSPS) is 17.8. The minimum absolute atomic E-state index is 0.297. The van der Waals surface area contributed by atoms with Gasteiger partial charge in [-0.1, -0.05) is 0 Å². The molecule has 1 fully saturated rings. The van der Waals surface area contributed by atoms with Crippen LogP contribution >= 0.6 is 11.6 Å². The summed E-state index contributed by atoms with van der Waals surface area (Å²) in [6.07, 6.45) is 4.00. The fourth-order valence-corrected chi connectivity index (χ4v) is 2.56. The molecule has 0 atom stereocenters. The van der Waals surface area contributed by atoms with E-state index in [2.05, 4.69) is 20.4 Å². The summed E-state index contributed by atoms with van der Waals surface area (Å²) in [7, 11) is 0. The summed E-state index contributed by atoms with van der Waals surface area (Å²) >= 11 is 5.92. The van der Waals surface area contributed by atoms with E-state index in [0.29, 0.717) is 11.3 Å². The Bertz CT molecular complexity index is 544. The van der Waals surface area contributed by atoms with Crippen LogP contribution < -0.4 is 5.32 Å². The van der Waals surface area contributed by atoms with Crippen LogP contribution in [0.3, 0.4) is 0 Å². The maximum atomic E-state index is 5.92. The molecule has 0 bridgehead atoms. The topological polar surface area (TPSA) is 55.6 Å². The first-order valence-electron chi connectivity index (χ1n) is 5.84. The van der Waals surface area contributed by atoms with Gasteiger partial charge in [0.2, 0.25) is 5.28 Å². The lowest BCUT2D eigenvalue weighted by Gasteiger charge is -2.23. The molecule has 0 spiro atoms. The quantitative estimate of drug-likeness (QED) is 0.784. The average Bonchev–Trinajstić information content (AvgIpc) is 2.74. The van der Waals surface area contributed by atoms with Crippen molar-refractivity contribution in [3.05, 3.63) is 17.2 Å². The molecule has 17 heavy (non-hydrogen) atoms. The number of hydrogen-bond donors (Lipinski definition) is 1. The number of nitrogens with zero attached hydrogens (tertiary/aromatic N) is 4. The smallest absolute Gasteiger partial charge is 0.224 e. The fraction of sp³-hybridized carbons (Fsp3) is 0.545. The van der Waals surface area contributed by atoms with Crippen molar-refractivity contribution in [1.29, 1.82) is 0 Å². The standard InChI is InChI=1S/C11H14ClN5/c1-7-9-6-14-17(8-2-4-13-5-3-8)10(9)16-11(12)15-7/h6,8,13H,2-5H2,1H3. The number of nitrogens with one attached hydrogen (secondary N) is 1. The molecular weight excluding hydrogens is 238 g/mol. The maximum Gasteiger partial charge on any atom is 0.224 e. The van der Waals surface area contributed by atoms with Gasteiger partial charge in [-0.2, -0.15) is 10.1 Å². The molecule has 3 rings (SSSR count). The molecule has 6 heteroatoms. The van der Waals surface area contributed by atoms with E-state index in [9.17, 15) is 0 Å². The third kappa shape index (κ3) is 1.89. The summed E-state index contributed by atoms with van der Waals surface area (Å²) in [5.41, 5.74) is 1.74. The molecule has 0 aliphatic carbocycles. The number of aromatic nitrogens is 4. The van der Waals surface area contributed by atoms with Gasteiger partial charge in [-0.15, -0.1) is 0 Å². The molecule has 1 aliphatic rings. The first-order chi connectivity index (χ1) is 8.25. The highest BCUT2D eigenvalue weighted by atomic mass is 35.5. The molecule has 90 valence electrons. The minimum atomic E-state index is 0.297. The van der Waals surface area contributed by atoms with Crippen LogP contribution in [0.5, 0.6) is 0 Å². The van der Waals surface area contributed by atoms with Crippen LogP contribution in [0.4, 0.5) is 0 Å². The summed E-state index contributed by atoms with van der Waals surface area (Å²) in [5.74, 6) is 0. The molecule has 2 aromatic heterocycles. The highest BCUT2D eigenvalue weighted by Crippen LogP contribution is 2.24. The third-order valence-corrected chi connectivity index (χ3v) is 3.44. The molecule has 0 radical (unpaired) electrons. The molecule has 5 nitrogen and oxygen atoms in total. The summed E-state index contributed by atoms with van der Waals surface area (Å²) in [6.45, 7) is 4.00. The van der Waals surface area contributed by atoms with Crippen LogP contribution in [0, 0.1) is 6.92 Å². The van der Waals surface area contributed by atoms with E-state index in [1.54, 1.807) is 0 Å². The monoisotopic (exact) mass is 251 g/mol. The van der Waals surface area contributed by atoms with Crippen molar-refractivity contribution in [1.82, 2.24) is 25.1 Å². The third-order valence-electron chi connectivity index (χ3n) is 3.27. The van der Waals surface area contributed by atoms with E-state index in [4.69, 9.17) is 11.6 Å². The Hall–Kier alpha value is -1.20. The largest absolute Gasteiger partial charge is 0.317 e. The summed E-state index contributed by atoms with van der Waals surface area (Å²) < 4.78 is 2.00. The van der Waals surface area contributed by atoms with Gasteiger partial charge in [0.25, 0.3) is 0 Å². The van der Waals surface area contributed by atoms with Crippen molar-refractivity contribution in [2.24, 2.45) is 0 Å². The van der Waals surface area contributed by atoms with Crippen molar-refractivity contribution in [3.63, 3.8) is 0 Å². The Morgan fingerprint density at radius 2 is 2.12 bits per heavy atom. The SMILES string of the molecule is Cc1nc(Cl)nc2c1cnn2C1CCNCC1. The van der Waals surface area contributed by atoms with Gasteiger partial charge in [-0.25, -0.2) is 9.67 Å². The second-order valence-corrected chi connectivity index (χ2v) is 4.72. The van der Waals surface area contributed by atoms with Crippen LogP contribution in [0.15, 0.2) is 6.20 Å². The lowest BCUT2D eigenvalue weighted by Crippen LogP contribution is -2.29. The van der Waals surface area contributed by atoms with Gasteiger partial charge in [0.1, 0.15) is 0 Å². The minimum Gasteiger partial charge on any atom is -0.317 e. The van der Waals surface area contributed by atoms with Gasteiger partial charge in [-0.3, -0.25) is 0 Å². The van der Waals surface area contributed by atoms with E-state index >= 15 is 0 Å².